The number of rotatable bonds is 2. The third kappa shape index (κ3) is 1.90. The Hall–Kier alpha value is -0.0800. The number of piperazine rings is 1. The average Bonchev–Trinajstić information content (AvgIpc) is 2.34. The SMILES string of the molecule is CCC1CNCCN1C12CC3CC(C)(CC(C)(C3)C1)C2. The largest absolute Gasteiger partial charge is 0.314 e. The van der Waals surface area contributed by atoms with Crippen molar-refractivity contribution in [2.75, 3.05) is 19.6 Å². The van der Waals surface area contributed by atoms with Gasteiger partial charge in [0.15, 0.2) is 0 Å². The van der Waals surface area contributed by atoms with Gasteiger partial charge in [-0.25, -0.2) is 0 Å². The molecular weight excluding hydrogens is 244 g/mol. The van der Waals surface area contributed by atoms with E-state index >= 15 is 0 Å². The van der Waals surface area contributed by atoms with Gasteiger partial charge in [-0.05, 0) is 61.7 Å². The van der Waals surface area contributed by atoms with Gasteiger partial charge >= 0.3 is 0 Å². The van der Waals surface area contributed by atoms with Crippen molar-refractivity contribution in [1.82, 2.24) is 10.2 Å². The van der Waals surface area contributed by atoms with Gasteiger partial charge in [-0.2, -0.15) is 0 Å². The molecule has 0 amide bonds. The molecule has 3 unspecified atom stereocenters. The van der Waals surface area contributed by atoms with Crippen LogP contribution in [-0.4, -0.2) is 36.1 Å². The van der Waals surface area contributed by atoms with E-state index in [0.717, 1.165) is 12.0 Å². The van der Waals surface area contributed by atoms with Crippen molar-refractivity contribution in [3.05, 3.63) is 0 Å². The maximum absolute atomic E-state index is 3.63. The van der Waals surface area contributed by atoms with Crippen LogP contribution in [0.2, 0.25) is 0 Å². The van der Waals surface area contributed by atoms with E-state index in [0.29, 0.717) is 16.4 Å². The molecule has 3 atom stereocenters. The number of nitrogens with one attached hydrogen (secondary N) is 1. The molecule has 5 aliphatic rings. The molecule has 0 aromatic rings. The number of hydrogen-bond acceptors (Lipinski definition) is 2. The highest BCUT2D eigenvalue weighted by atomic mass is 15.3. The van der Waals surface area contributed by atoms with Crippen molar-refractivity contribution in [3.8, 4) is 0 Å². The lowest BCUT2D eigenvalue weighted by atomic mass is 9.42. The van der Waals surface area contributed by atoms with Gasteiger partial charge in [0.25, 0.3) is 0 Å². The standard InChI is InChI=1S/C18H32N2/c1-4-15-10-19-5-6-20(15)18-9-14-7-16(2,12-18)11-17(3,8-14)13-18/h14-15,19H,4-13H2,1-3H3. The molecule has 20 heavy (non-hydrogen) atoms. The molecule has 0 radical (unpaired) electrons. The minimum atomic E-state index is 0.561. The lowest BCUT2D eigenvalue weighted by Crippen LogP contribution is -2.69. The Kier molecular flexibility index (Phi) is 2.87. The average molecular weight is 276 g/mol. The predicted octanol–water partition coefficient (Wildman–Crippen LogP) is 3.42. The highest BCUT2D eigenvalue weighted by Crippen LogP contribution is 2.67. The van der Waals surface area contributed by atoms with E-state index in [1.165, 1.54) is 64.6 Å². The van der Waals surface area contributed by atoms with E-state index in [1.807, 2.05) is 0 Å². The van der Waals surface area contributed by atoms with Crippen LogP contribution in [0, 0.1) is 16.7 Å². The second-order valence-electron chi connectivity index (χ2n) is 9.31. The fourth-order valence-electron chi connectivity index (χ4n) is 7.46. The number of nitrogens with zero attached hydrogens (tertiary/aromatic N) is 1. The first kappa shape index (κ1) is 13.6. The summed E-state index contributed by atoms with van der Waals surface area (Å²) in [6, 6.07) is 0.784. The molecule has 4 aliphatic carbocycles. The summed E-state index contributed by atoms with van der Waals surface area (Å²) in [6.07, 6.45) is 10.3. The molecule has 1 heterocycles. The highest BCUT2D eigenvalue weighted by molar-refractivity contribution is 5.16. The van der Waals surface area contributed by atoms with Crippen molar-refractivity contribution in [2.45, 2.75) is 77.3 Å². The highest BCUT2D eigenvalue weighted by Gasteiger charge is 2.62. The Morgan fingerprint density at radius 2 is 1.75 bits per heavy atom. The van der Waals surface area contributed by atoms with E-state index in [4.69, 9.17) is 0 Å². The van der Waals surface area contributed by atoms with Gasteiger partial charge in [-0.1, -0.05) is 20.8 Å². The first-order valence-corrected chi connectivity index (χ1v) is 8.94. The molecule has 114 valence electrons. The van der Waals surface area contributed by atoms with Crippen LogP contribution in [0.4, 0.5) is 0 Å². The van der Waals surface area contributed by atoms with Gasteiger partial charge in [0, 0.05) is 31.2 Å². The number of hydrogen-bond donors (Lipinski definition) is 1. The van der Waals surface area contributed by atoms with Crippen molar-refractivity contribution < 1.29 is 0 Å². The second kappa shape index (κ2) is 4.23. The Balaban J connectivity index is 1.69. The van der Waals surface area contributed by atoms with E-state index in [9.17, 15) is 0 Å². The summed E-state index contributed by atoms with van der Waals surface area (Å²) in [6.45, 7) is 11.3. The van der Waals surface area contributed by atoms with Crippen LogP contribution < -0.4 is 5.32 Å². The Labute approximate surface area is 124 Å². The summed E-state index contributed by atoms with van der Waals surface area (Å²) >= 11 is 0. The lowest BCUT2D eigenvalue weighted by Gasteiger charge is -2.69. The molecule has 0 aromatic carbocycles. The van der Waals surface area contributed by atoms with E-state index in [1.54, 1.807) is 0 Å². The normalized spacial score (nSPS) is 55.4. The molecule has 4 bridgehead atoms. The zero-order valence-corrected chi connectivity index (χ0v) is 13.7. The van der Waals surface area contributed by atoms with Crippen LogP contribution in [0.15, 0.2) is 0 Å². The molecule has 2 nitrogen and oxygen atoms in total. The quantitative estimate of drug-likeness (QED) is 0.831. The summed E-state index contributed by atoms with van der Waals surface area (Å²) < 4.78 is 0. The molecule has 0 spiro atoms. The molecule has 1 aliphatic heterocycles. The fraction of sp³-hybridized carbons (Fsp3) is 1.00. The molecule has 4 saturated carbocycles. The lowest BCUT2D eigenvalue weighted by molar-refractivity contribution is -0.173. The summed E-state index contributed by atoms with van der Waals surface area (Å²) in [5, 5.41) is 3.63. The summed E-state index contributed by atoms with van der Waals surface area (Å²) in [4.78, 5) is 2.98. The first-order chi connectivity index (χ1) is 9.46. The molecular formula is C18H32N2. The van der Waals surface area contributed by atoms with Crippen LogP contribution >= 0.6 is 0 Å². The smallest absolute Gasteiger partial charge is 0.0226 e. The van der Waals surface area contributed by atoms with Gasteiger partial charge < -0.3 is 5.32 Å². The zero-order valence-electron chi connectivity index (χ0n) is 13.7. The van der Waals surface area contributed by atoms with E-state index in [2.05, 4.69) is 31.0 Å². The minimum absolute atomic E-state index is 0.561. The van der Waals surface area contributed by atoms with E-state index < -0.39 is 0 Å². The Morgan fingerprint density at radius 3 is 2.35 bits per heavy atom. The monoisotopic (exact) mass is 276 g/mol. The molecule has 0 aromatic heterocycles. The topological polar surface area (TPSA) is 15.3 Å². The molecule has 5 rings (SSSR count). The zero-order chi connectivity index (χ0) is 14.0. The Bertz CT molecular complexity index is 386. The maximum Gasteiger partial charge on any atom is 0.0226 e. The van der Waals surface area contributed by atoms with Crippen molar-refractivity contribution in [3.63, 3.8) is 0 Å². The third-order valence-electron chi connectivity index (χ3n) is 7.03. The maximum atomic E-state index is 3.63. The molecule has 2 heteroatoms. The third-order valence-corrected chi connectivity index (χ3v) is 7.03. The summed E-state index contributed by atoms with van der Waals surface area (Å²) in [5.41, 5.74) is 1.86. The molecule has 1 saturated heterocycles. The molecule has 1 N–H and O–H groups in total. The summed E-state index contributed by atoms with van der Waals surface area (Å²) in [5.74, 6) is 1.02. The van der Waals surface area contributed by atoms with Crippen molar-refractivity contribution in [2.24, 2.45) is 16.7 Å². The van der Waals surface area contributed by atoms with Gasteiger partial charge in [0.2, 0.25) is 0 Å². The summed E-state index contributed by atoms with van der Waals surface area (Å²) in [7, 11) is 0. The van der Waals surface area contributed by atoms with Crippen LogP contribution in [-0.2, 0) is 0 Å². The van der Waals surface area contributed by atoms with Gasteiger partial charge in [0.1, 0.15) is 0 Å². The molecule has 5 fully saturated rings. The van der Waals surface area contributed by atoms with Crippen LogP contribution in [0.5, 0.6) is 0 Å². The van der Waals surface area contributed by atoms with Crippen LogP contribution in [0.1, 0.15) is 65.7 Å². The van der Waals surface area contributed by atoms with E-state index in [-0.39, 0.29) is 0 Å². The second-order valence-corrected chi connectivity index (χ2v) is 9.31. The van der Waals surface area contributed by atoms with Crippen molar-refractivity contribution >= 4 is 0 Å². The first-order valence-electron chi connectivity index (χ1n) is 8.94. The minimum Gasteiger partial charge on any atom is -0.314 e. The van der Waals surface area contributed by atoms with Gasteiger partial charge in [-0.3, -0.25) is 4.90 Å². The van der Waals surface area contributed by atoms with Crippen molar-refractivity contribution in [1.29, 1.82) is 0 Å². The van der Waals surface area contributed by atoms with Crippen LogP contribution in [0.3, 0.4) is 0 Å². The van der Waals surface area contributed by atoms with Gasteiger partial charge in [-0.15, -0.1) is 0 Å². The Morgan fingerprint density at radius 1 is 1.05 bits per heavy atom. The predicted molar refractivity (Wildman–Crippen MR) is 83.8 cm³/mol. The van der Waals surface area contributed by atoms with Crippen LogP contribution in [0.25, 0.3) is 0 Å². The van der Waals surface area contributed by atoms with Gasteiger partial charge in [0.05, 0.1) is 0 Å². The fourth-order valence-corrected chi connectivity index (χ4v) is 7.46.